The van der Waals surface area contributed by atoms with Crippen LogP contribution in [0, 0.1) is 0 Å². The van der Waals surface area contributed by atoms with E-state index in [-0.39, 0.29) is 11.4 Å². The van der Waals surface area contributed by atoms with Crippen LogP contribution in [0.1, 0.15) is 25.7 Å². The Bertz CT molecular complexity index is 404. The Labute approximate surface area is 99.2 Å². The van der Waals surface area contributed by atoms with Crippen LogP contribution in [-0.4, -0.2) is 16.4 Å². The Morgan fingerprint density at radius 1 is 1.62 bits per heavy atom. The molecule has 0 spiro atoms. The van der Waals surface area contributed by atoms with Gasteiger partial charge in [0.05, 0.1) is 16.9 Å². The third kappa shape index (κ3) is 2.51. The number of carbonyl (C=O) groups excluding carboxylic acids is 1. The highest BCUT2D eigenvalue weighted by molar-refractivity contribution is 6.33. The van der Waals surface area contributed by atoms with Crippen molar-refractivity contribution < 1.29 is 4.79 Å². The Morgan fingerprint density at radius 2 is 2.38 bits per heavy atom. The molecule has 1 heterocycles. The van der Waals surface area contributed by atoms with E-state index in [2.05, 4.69) is 10.3 Å². The van der Waals surface area contributed by atoms with Gasteiger partial charge in [0.2, 0.25) is 5.91 Å². The highest BCUT2D eigenvalue weighted by atomic mass is 35.5. The van der Waals surface area contributed by atoms with Crippen LogP contribution < -0.4 is 11.1 Å². The van der Waals surface area contributed by atoms with Gasteiger partial charge < -0.3 is 11.1 Å². The van der Waals surface area contributed by atoms with Crippen LogP contribution in [0.25, 0.3) is 0 Å². The molecule has 0 atom stereocenters. The lowest BCUT2D eigenvalue weighted by atomic mass is 9.75. The Morgan fingerprint density at radius 3 is 2.94 bits per heavy atom. The van der Waals surface area contributed by atoms with Gasteiger partial charge in [-0.1, -0.05) is 11.6 Å². The summed E-state index contributed by atoms with van der Waals surface area (Å²) in [4.78, 5) is 15.6. The second-order valence-corrected chi connectivity index (χ2v) is 4.70. The highest BCUT2D eigenvalue weighted by Gasteiger charge is 2.34. The summed E-state index contributed by atoms with van der Waals surface area (Å²) in [5.41, 5.74) is 6.22. The van der Waals surface area contributed by atoms with Crippen LogP contribution >= 0.6 is 11.6 Å². The molecule has 1 aliphatic carbocycles. The number of aromatic nitrogens is 1. The fourth-order valence-corrected chi connectivity index (χ4v) is 1.94. The molecule has 0 saturated heterocycles. The zero-order valence-corrected chi connectivity index (χ0v) is 9.63. The number of nitrogens with one attached hydrogen (secondary N) is 1. The van der Waals surface area contributed by atoms with E-state index in [1.807, 2.05) is 0 Å². The molecule has 1 fully saturated rings. The minimum atomic E-state index is -0.307. The normalized spacial score (nSPS) is 17.6. The van der Waals surface area contributed by atoms with E-state index in [9.17, 15) is 4.79 Å². The van der Waals surface area contributed by atoms with E-state index in [0.29, 0.717) is 17.1 Å². The summed E-state index contributed by atoms with van der Waals surface area (Å²) in [6.07, 6.45) is 6.40. The van der Waals surface area contributed by atoms with E-state index in [1.165, 1.54) is 6.20 Å². The maximum Gasteiger partial charge on any atom is 0.226 e. The lowest BCUT2D eigenvalue weighted by Gasteiger charge is -2.37. The molecule has 1 amide bonds. The van der Waals surface area contributed by atoms with E-state index >= 15 is 0 Å². The smallest absolute Gasteiger partial charge is 0.226 e. The number of carbonyl (C=O) groups is 1. The van der Waals surface area contributed by atoms with Gasteiger partial charge >= 0.3 is 0 Å². The zero-order valence-electron chi connectivity index (χ0n) is 8.87. The molecule has 0 bridgehead atoms. The molecule has 1 aromatic rings. The minimum Gasteiger partial charge on any atom is -0.325 e. The van der Waals surface area contributed by atoms with Gasteiger partial charge in [0.25, 0.3) is 0 Å². The molecular weight excluding hydrogens is 226 g/mol. The average molecular weight is 240 g/mol. The van der Waals surface area contributed by atoms with Crippen molar-refractivity contribution in [1.29, 1.82) is 0 Å². The zero-order chi connectivity index (χ0) is 11.6. The SMILES string of the molecule is NC1(CC(=O)Nc2cnccc2Cl)CCC1. The third-order valence-electron chi connectivity index (χ3n) is 2.90. The van der Waals surface area contributed by atoms with Gasteiger partial charge in [-0.2, -0.15) is 0 Å². The molecule has 4 nitrogen and oxygen atoms in total. The molecule has 1 aromatic heterocycles. The van der Waals surface area contributed by atoms with Gasteiger partial charge in [0.15, 0.2) is 0 Å². The average Bonchev–Trinajstić information content (AvgIpc) is 2.19. The first-order valence-electron chi connectivity index (χ1n) is 5.27. The molecular formula is C11H14ClN3O. The number of nitrogens with zero attached hydrogens (tertiary/aromatic N) is 1. The number of hydrogen-bond acceptors (Lipinski definition) is 3. The second-order valence-electron chi connectivity index (χ2n) is 4.30. The molecule has 5 heteroatoms. The topological polar surface area (TPSA) is 68.0 Å². The quantitative estimate of drug-likeness (QED) is 0.847. The van der Waals surface area contributed by atoms with Crippen molar-refractivity contribution in [3.05, 3.63) is 23.5 Å². The maximum atomic E-state index is 11.7. The number of halogens is 1. The van der Waals surface area contributed by atoms with E-state index in [4.69, 9.17) is 17.3 Å². The predicted molar refractivity (Wildman–Crippen MR) is 63.3 cm³/mol. The van der Waals surface area contributed by atoms with Crippen LogP contribution in [-0.2, 0) is 4.79 Å². The summed E-state index contributed by atoms with van der Waals surface area (Å²) in [5.74, 6) is -0.0999. The molecule has 0 radical (unpaired) electrons. The molecule has 1 saturated carbocycles. The number of nitrogens with two attached hydrogens (primary N) is 1. The van der Waals surface area contributed by atoms with E-state index < -0.39 is 0 Å². The largest absolute Gasteiger partial charge is 0.325 e. The number of hydrogen-bond donors (Lipinski definition) is 2. The van der Waals surface area contributed by atoms with Gasteiger partial charge in [-0.15, -0.1) is 0 Å². The van der Waals surface area contributed by atoms with Crippen LogP contribution in [0.5, 0.6) is 0 Å². The first-order chi connectivity index (χ1) is 7.59. The van der Waals surface area contributed by atoms with Crippen molar-refractivity contribution in [2.75, 3.05) is 5.32 Å². The first kappa shape index (κ1) is 11.4. The summed E-state index contributed by atoms with van der Waals surface area (Å²) in [7, 11) is 0. The predicted octanol–water partition coefficient (Wildman–Crippen LogP) is 1.94. The van der Waals surface area contributed by atoms with Crippen molar-refractivity contribution in [2.45, 2.75) is 31.2 Å². The Kier molecular flexibility index (Phi) is 3.12. The van der Waals surface area contributed by atoms with Gasteiger partial charge in [0, 0.05) is 18.2 Å². The highest BCUT2D eigenvalue weighted by Crippen LogP contribution is 2.32. The van der Waals surface area contributed by atoms with Gasteiger partial charge in [-0.05, 0) is 25.3 Å². The lowest BCUT2D eigenvalue weighted by molar-refractivity contribution is -0.118. The molecule has 0 aromatic carbocycles. The van der Waals surface area contributed by atoms with Gasteiger partial charge in [-0.3, -0.25) is 9.78 Å². The Hall–Kier alpha value is -1.13. The van der Waals surface area contributed by atoms with Gasteiger partial charge in [-0.25, -0.2) is 0 Å². The third-order valence-corrected chi connectivity index (χ3v) is 3.23. The van der Waals surface area contributed by atoms with Crippen LogP contribution in [0.3, 0.4) is 0 Å². The Balaban J connectivity index is 1.95. The summed E-state index contributed by atoms with van der Waals surface area (Å²) < 4.78 is 0. The lowest BCUT2D eigenvalue weighted by Crippen LogP contribution is -2.48. The number of rotatable bonds is 3. The van der Waals surface area contributed by atoms with Crippen molar-refractivity contribution in [1.82, 2.24) is 4.98 Å². The molecule has 1 aliphatic rings. The van der Waals surface area contributed by atoms with Crippen molar-refractivity contribution >= 4 is 23.2 Å². The molecule has 16 heavy (non-hydrogen) atoms. The van der Waals surface area contributed by atoms with Gasteiger partial charge in [0.1, 0.15) is 0 Å². The summed E-state index contributed by atoms with van der Waals surface area (Å²) in [6.45, 7) is 0. The summed E-state index contributed by atoms with van der Waals surface area (Å²) >= 11 is 5.90. The summed E-state index contributed by atoms with van der Waals surface area (Å²) in [6, 6.07) is 1.64. The molecule has 2 rings (SSSR count). The summed E-state index contributed by atoms with van der Waals surface area (Å²) in [5, 5.41) is 3.21. The number of pyridine rings is 1. The number of amides is 1. The molecule has 0 aliphatic heterocycles. The fourth-order valence-electron chi connectivity index (χ4n) is 1.79. The van der Waals surface area contributed by atoms with Crippen molar-refractivity contribution in [3.63, 3.8) is 0 Å². The first-order valence-corrected chi connectivity index (χ1v) is 5.65. The molecule has 86 valence electrons. The molecule has 3 N–H and O–H groups in total. The number of anilines is 1. The van der Waals surface area contributed by atoms with Crippen molar-refractivity contribution in [2.24, 2.45) is 5.73 Å². The maximum absolute atomic E-state index is 11.7. The van der Waals surface area contributed by atoms with E-state index in [1.54, 1.807) is 12.3 Å². The van der Waals surface area contributed by atoms with Crippen molar-refractivity contribution in [3.8, 4) is 0 Å². The van der Waals surface area contributed by atoms with E-state index in [0.717, 1.165) is 19.3 Å². The van der Waals surface area contributed by atoms with Crippen LogP contribution in [0.15, 0.2) is 18.5 Å². The minimum absolute atomic E-state index is 0.0999. The fraction of sp³-hybridized carbons (Fsp3) is 0.455. The standard InChI is InChI=1S/C11H14ClN3O/c12-8-2-5-14-7-9(8)15-10(16)6-11(13)3-1-4-11/h2,5,7H,1,3-4,6,13H2,(H,15,16). The van der Waals surface area contributed by atoms with Crippen LogP contribution in [0.2, 0.25) is 5.02 Å². The monoisotopic (exact) mass is 239 g/mol. The van der Waals surface area contributed by atoms with Crippen LogP contribution in [0.4, 0.5) is 5.69 Å². The molecule has 0 unspecified atom stereocenters. The second kappa shape index (κ2) is 4.39.